The smallest absolute Gasteiger partial charge is 0.244 e. The maximum Gasteiger partial charge on any atom is 0.244 e. The monoisotopic (exact) mass is 409 g/mol. The van der Waals surface area contributed by atoms with E-state index in [2.05, 4.69) is 55.0 Å². The van der Waals surface area contributed by atoms with E-state index in [-0.39, 0.29) is 46.1 Å². The highest BCUT2D eigenvalue weighted by Gasteiger charge is 2.31. The minimum atomic E-state index is -0.374. The lowest BCUT2D eigenvalue weighted by Gasteiger charge is -2.30. The summed E-state index contributed by atoms with van der Waals surface area (Å²) in [5.41, 5.74) is 5.67. The molecule has 0 aromatic carbocycles. The van der Waals surface area contributed by atoms with Gasteiger partial charge in [-0.25, -0.2) is 0 Å². The summed E-state index contributed by atoms with van der Waals surface area (Å²) in [4.78, 5) is 34.7. The quantitative estimate of drug-likeness (QED) is 0.417. The second kappa shape index (κ2) is 13.0. The van der Waals surface area contributed by atoms with Gasteiger partial charge in [0.25, 0.3) is 0 Å². The number of carbonyl (C=O) groups is 3. The molecule has 0 aromatic rings. The van der Waals surface area contributed by atoms with Gasteiger partial charge in [0.05, 0.1) is 0 Å². The topological polar surface area (TPSA) is 77.2 Å². The van der Waals surface area contributed by atoms with E-state index >= 15 is 0 Å². The van der Waals surface area contributed by atoms with Gasteiger partial charge in [-0.3, -0.25) is 14.4 Å². The third kappa shape index (κ3) is 12.7. The van der Waals surface area contributed by atoms with Crippen molar-refractivity contribution in [3.05, 3.63) is 12.2 Å². The van der Waals surface area contributed by atoms with Crippen LogP contribution in [0.15, 0.2) is 12.2 Å². The molecule has 0 aliphatic rings. The Balaban J connectivity index is 0. The molecule has 0 saturated heterocycles. The maximum atomic E-state index is 12.3. The van der Waals surface area contributed by atoms with Crippen molar-refractivity contribution in [3.8, 4) is 0 Å². The third-order valence-corrected chi connectivity index (χ3v) is 6.19. The Morgan fingerprint density at radius 2 is 1.48 bits per heavy atom. The van der Waals surface area contributed by atoms with E-state index in [1.165, 1.54) is 0 Å². The van der Waals surface area contributed by atoms with Gasteiger partial charge in [-0.1, -0.05) is 81.7 Å². The van der Waals surface area contributed by atoms with Gasteiger partial charge < -0.3 is 5.73 Å². The number of Topliss-reactive ketones (excluding diaryl/α,β-unsaturated/α-hetero) is 2. The van der Waals surface area contributed by atoms with Crippen LogP contribution in [-0.2, 0) is 14.4 Å². The zero-order valence-electron chi connectivity index (χ0n) is 20.8. The van der Waals surface area contributed by atoms with Crippen molar-refractivity contribution in [3.63, 3.8) is 0 Å². The summed E-state index contributed by atoms with van der Waals surface area (Å²) >= 11 is 0. The van der Waals surface area contributed by atoms with Gasteiger partial charge in [0.1, 0.15) is 11.6 Å². The molecule has 0 radical (unpaired) electrons. The summed E-state index contributed by atoms with van der Waals surface area (Å²) in [7, 11) is 0. The first-order valence-corrected chi connectivity index (χ1v) is 11.0. The number of ketones is 2. The summed E-state index contributed by atoms with van der Waals surface area (Å²) in [6.45, 7) is 23.9. The van der Waals surface area contributed by atoms with Crippen LogP contribution in [0, 0.1) is 28.6 Å². The summed E-state index contributed by atoms with van der Waals surface area (Å²) in [5, 5.41) is 0. The normalized spacial score (nSPS) is 14.8. The van der Waals surface area contributed by atoms with E-state index < -0.39 is 0 Å². The number of amides is 1. The van der Waals surface area contributed by atoms with Crippen LogP contribution in [0.4, 0.5) is 0 Å². The zero-order chi connectivity index (χ0) is 23.6. The summed E-state index contributed by atoms with van der Waals surface area (Å²) < 4.78 is 0. The van der Waals surface area contributed by atoms with Crippen LogP contribution in [0.5, 0.6) is 0 Å². The largest absolute Gasteiger partial charge is 0.366 e. The molecule has 170 valence electrons. The minimum absolute atomic E-state index is 0.000844. The maximum absolute atomic E-state index is 12.3. The van der Waals surface area contributed by atoms with E-state index in [9.17, 15) is 14.4 Å². The van der Waals surface area contributed by atoms with Gasteiger partial charge in [-0.15, -0.1) is 0 Å². The SMILES string of the molecule is C=C(C(N)=O)C(C)CCC.CCC(C)(C)CC(CC(=O)[C@@H](C)C(C)(C)C)C(C)=O. The van der Waals surface area contributed by atoms with Crippen molar-refractivity contribution >= 4 is 17.5 Å². The van der Waals surface area contributed by atoms with Crippen LogP contribution in [-0.4, -0.2) is 17.5 Å². The standard InChI is InChI=1S/C17H32O2.C8H15NO/c1-9-17(7,8)11-14(13(3)18)10-15(19)12(2)16(4,5)6;1-4-5-6(2)7(3)8(9)10/h12,14H,9-11H2,1-8H3;6H,3-5H2,1-2H3,(H2,9,10)/t12-,14?;/m1./s1. The highest BCUT2D eigenvalue weighted by atomic mass is 16.1. The highest BCUT2D eigenvalue weighted by molar-refractivity contribution is 5.91. The number of rotatable bonds is 11. The Hall–Kier alpha value is -1.45. The molecule has 0 aliphatic carbocycles. The van der Waals surface area contributed by atoms with Crippen LogP contribution < -0.4 is 5.73 Å². The molecule has 4 nitrogen and oxygen atoms in total. The second-order valence-corrected chi connectivity index (χ2v) is 10.4. The van der Waals surface area contributed by atoms with Gasteiger partial charge in [-0.05, 0) is 36.5 Å². The van der Waals surface area contributed by atoms with E-state index in [1.54, 1.807) is 6.92 Å². The summed E-state index contributed by atoms with van der Waals surface area (Å²) in [5.74, 6) is 0.116. The predicted molar refractivity (Wildman–Crippen MR) is 124 cm³/mol. The van der Waals surface area contributed by atoms with Crippen molar-refractivity contribution in [1.82, 2.24) is 0 Å². The second-order valence-electron chi connectivity index (χ2n) is 10.4. The Morgan fingerprint density at radius 1 is 1.00 bits per heavy atom. The first-order chi connectivity index (χ1) is 13.0. The van der Waals surface area contributed by atoms with Crippen LogP contribution in [0.2, 0.25) is 0 Å². The Bertz CT molecular complexity index is 555. The first-order valence-electron chi connectivity index (χ1n) is 11.0. The predicted octanol–water partition coefficient (Wildman–Crippen LogP) is 6.12. The lowest BCUT2D eigenvalue weighted by atomic mass is 9.73. The van der Waals surface area contributed by atoms with Gasteiger partial charge in [0, 0.05) is 23.8 Å². The molecule has 3 atom stereocenters. The fourth-order valence-electron chi connectivity index (χ4n) is 2.92. The molecular formula is C25H47NO3. The average Bonchev–Trinajstić information content (AvgIpc) is 2.59. The molecule has 0 bridgehead atoms. The molecule has 0 heterocycles. The van der Waals surface area contributed by atoms with Gasteiger partial charge in [0.2, 0.25) is 5.91 Å². The van der Waals surface area contributed by atoms with Crippen LogP contribution in [0.25, 0.3) is 0 Å². The molecule has 0 saturated carbocycles. The van der Waals surface area contributed by atoms with E-state index in [1.807, 2.05) is 13.8 Å². The summed E-state index contributed by atoms with van der Waals surface area (Å²) in [6, 6.07) is 0. The Kier molecular flexibility index (Phi) is 13.3. The number of nitrogens with two attached hydrogens (primary N) is 1. The molecule has 2 N–H and O–H groups in total. The van der Waals surface area contributed by atoms with Crippen molar-refractivity contribution in [2.24, 2.45) is 34.3 Å². The molecule has 2 unspecified atom stereocenters. The van der Waals surface area contributed by atoms with Crippen LogP contribution in [0.3, 0.4) is 0 Å². The van der Waals surface area contributed by atoms with Crippen molar-refractivity contribution in [1.29, 1.82) is 0 Å². The fraction of sp³-hybridized carbons (Fsp3) is 0.800. The first kappa shape index (κ1) is 29.7. The van der Waals surface area contributed by atoms with E-state index in [4.69, 9.17) is 5.73 Å². The van der Waals surface area contributed by atoms with Gasteiger partial charge in [-0.2, -0.15) is 0 Å². The van der Waals surface area contributed by atoms with Crippen LogP contribution >= 0.6 is 0 Å². The van der Waals surface area contributed by atoms with Gasteiger partial charge in [0.15, 0.2) is 0 Å². The van der Waals surface area contributed by atoms with Crippen LogP contribution in [0.1, 0.15) is 101 Å². The molecule has 0 aromatic heterocycles. The molecule has 0 fully saturated rings. The van der Waals surface area contributed by atoms with Crippen molar-refractivity contribution in [2.75, 3.05) is 0 Å². The van der Waals surface area contributed by atoms with E-state index in [0.29, 0.717) is 12.0 Å². The highest BCUT2D eigenvalue weighted by Crippen LogP contribution is 2.33. The van der Waals surface area contributed by atoms with Crippen molar-refractivity contribution < 1.29 is 14.4 Å². The zero-order valence-corrected chi connectivity index (χ0v) is 20.8. The molecule has 4 heteroatoms. The molecular weight excluding hydrogens is 362 g/mol. The lowest BCUT2D eigenvalue weighted by molar-refractivity contribution is -0.131. The fourth-order valence-corrected chi connectivity index (χ4v) is 2.92. The molecule has 1 amide bonds. The van der Waals surface area contributed by atoms with Crippen molar-refractivity contribution in [2.45, 2.75) is 101 Å². The van der Waals surface area contributed by atoms with Gasteiger partial charge >= 0.3 is 0 Å². The number of primary amides is 1. The number of hydrogen-bond donors (Lipinski definition) is 1. The number of hydrogen-bond acceptors (Lipinski definition) is 3. The number of carbonyl (C=O) groups excluding carboxylic acids is 3. The van der Waals surface area contributed by atoms with E-state index in [0.717, 1.165) is 25.7 Å². The molecule has 0 rings (SSSR count). The Labute approximate surface area is 180 Å². The summed E-state index contributed by atoms with van der Waals surface area (Å²) in [6.07, 6.45) is 4.29. The lowest BCUT2D eigenvalue weighted by Crippen LogP contribution is -2.30. The minimum Gasteiger partial charge on any atom is -0.366 e. The molecule has 0 spiro atoms. The molecule has 0 aliphatic heterocycles. The molecule has 29 heavy (non-hydrogen) atoms. The average molecular weight is 410 g/mol. The third-order valence-electron chi connectivity index (χ3n) is 6.19. The Morgan fingerprint density at radius 3 is 1.79 bits per heavy atom.